The van der Waals surface area contributed by atoms with Gasteiger partial charge >= 0.3 is 0 Å². The van der Waals surface area contributed by atoms with Gasteiger partial charge in [-0.2, -0.15) is 0 Å². The van der Waals surface area contributed by atoms with Crippen LogP contribution in [0, 0.1) is 0 Å². The first kappa shape index (κ1) is 9.07. The number of rotatable bonds is 2. The summed E-state index contributed by atoms with van der Waals surface area (Å²) < 4.78 is 0. The average molecular weight is 165 g/mol. The number of hydrogen-bond acceptors (Lipinski definition) is 2. The number of hydrogen-bond donors (Lipinski definition) is 2. The highest BCUT2D eigenvalue weighted by molar-refractivity contribution is 5.48. The van der Waals surface area contributed by atoms with Crippen LogP contribution < -0.4 is 5.73 Å². The quantitative estimate of drug-likeness (QED) is 0.656. The first-order chi connectivity index (χ1) is 5.63. The summed E-state index contributed by atoms with van der Waals surface area (Å²) >= 11 is 0. The molecule has 1 aromatic rings. The Hall–Kier alpha value is -1.02. The zero-order chi connectivity index (χ0) is 9.14. The molecular weight excluding hydrogens is 150 g/mol. The predicted molar refractivity (Wildman–Crippen MR) is 51.0 cm³/mol. The van der Waals surface area contributed by atoms with E-state index in [-0.39, 0.29) is 12.0 Å². The molecule has 0 aliphatic rings. The van der Waals surface area contributed by atoms with E-state index >= 15 is 0 Å². The van der Waals surface area contributed by atoms with Crippen molar-refractivity contribution in [3.8, 4) is 0 Å². The summed E-state index contributed by atoms with van der Waals surface area (Å²) in [5, 5.41) is 9.34. The Morgan fingerprint density at radius 3 is 2.33 bits per heavy atom. The van der Waals surface area contributed by atoms with Crippen LogP contribution in [0.5, 0.6) is 0 Å². The highest BCUT2D eigenvalue weighted by atomic mass is 16.3. The highest BCUT2D eigenvalue weighted by Gasteiger charge is 2.12. The standard InChI is InChI=1S/C10H15NO/c1-7(8(2)12)9-5-3-4-6-10(9)11/h3-8,12H,11H2,1-2H3/t7-,8+/m1/s1. The van der Waals surface area contributed by atoms with Gasteiger partial charge in [-0.25, -0.2) is 0 Å². The van der Waals surface area contributed by atoms with Gasteiger partial charge in [0, 0.05) is 11.6 Å². The maximum atomic E-state index is 9.34. The molecule has 0 aliphatic heterocycles. The van der Waals surface area contributed by atoms with E-state index in [0.29, 0.717) is 0 Å². The number of aliphatic hydroxyl groups is 1. The molecule has 1 rings (SSSR count). The maximum absolute atomic E-state index is 9.34. The van der Waals surface area contributed by atoms with Crippen LogP contribution in [0.25, 0.3) is 0 Å². The lowest BCUT2D eigenvalue weighted by Crippen LogP contribution is -2.12. The lowest BCUT2D eigenvalue weighted by Gasteiger charge is -2.16. The van der Waals surface area contributed by atoms with E-state index in [9.17, 15) is 5.11 Å². The zero-order valence-electron chi connectivity index (χ0n) is 7.49. The minimum absolute atomic E-state index is 0.103. The molecule has 1 aromatic carbocycles. The summed E-state index contributed by atoms with van der Waals surface area (Å²) in [5.41, 5.74) is 7.52. The molecule has 66 valence electrons. The molecule has 2 atom stereocenters. The van der Waals surface area contributed by atoms with E-state index in [2.05, 4.69) is 0 Å². The van der Waals surface area contributed by atoms with Crippen LogP contribution in [-0.4, -0.2) is 11.2 Å². The van der Waals surface area contributed by atoms with Gasteiger partial charge in [-0.15, -0.1) is 0 Å². The van der Waals surface area contributed by atoms with Gasteiger partial charge < -0.3 is 10.8 Å². The number of aliphatic hydroxyl groups excluding tert-OH is 1. The second-order valence-corrected chi connectivity index (χ2v) is 3.16. The molecular formula is C10H15NO. The molecule has 0 heterocycles. The minimum Gasteiger partial charge on any atom is -0.398 e. The second-order valence-electron chi connectivity index (χ2n) is 3.16. The molecule has 0 saturated carbocycles. The van der Waals surface area contributed by atoms with Gasteiger partial charge in [0.2, 0.25) is 0 Å². The Morgan fingerprint density at radius 1 is 1.25 bits per heavy atom. The Balaban J connectivity index is 2.94. The van der Waals surface area contributed by atoms with E-state index in [0.717, 1.165) is 11.3 Å². The van der Waals surface area contributed by atoms with E-state index < -0.39 is 0 Å². The van der Waals surface area contributed by atoms with Crippen molar-refractivity contribution in [3.05, 3.63) is 29.8 Å². The maximum Gasteiger partial charge on any atom is 0.0578 e. The molecule has 0 fully saturated rings. The topological polar surface area (TPSA) is 46.2 Å². The van der Waals surface area contributed by atoms with Gasteiger partial charge in [0.25, 0.3) is 0 Å². The molecule has 0 spiro atoms. The second kappa shape index (κ2) is 3.59. The molecule has 12 heavy (non-hydrogen) atoms. The summed E-state index contributed by atoms with van der Waals surface area (Å²) in [6, 6.07) is 7.64. The van der Waals surface area contributed by atoms with Crippen molar-refractivity contribution >= 4 is 5.69 Å². The van der Waals surface area contributed by atoms with Crippen LogP contribution in [-0.2, 0) is 0 Å². The summed E-state index contributed by atoms with van der Waals surface area (Å²) in [7, 11) is 0. The minimum atomic E-state index is -0.352. The largest absolute Gasteiger partial charge is 0.398 e. The molecule has 0 aliphatic carbocycles. The average Bonchev–Trinajstić information content (AvgIpc) is 2.04. The fourth-order valence-electron chi connectivity index (χ4n) is 1.19. The van der Waals surface area contributed by atoms with Crippen LogP contribution in [0.1, 0.15) is 25.3 Å². The van der Waals surface area contributed by atoms with Crippen molar-refractivity contribution in [2.45, 2.75) is 25.9 Å². The number of para-hydroxylation sites is 1. The van der Waals surface area contributed by atoms with Crippen molar-refractivity contribution in [2.24, 2.45) is 0 Å². The first-order valence-corrected chi connectivity index (χ1v) is 4.15. The van der Waals surface area contributed by atoms with E-state index in [4.69, 9.17) is 5.73 Å². The van der Waals surface area contributed by atoms with Crippen LogP contribution in [0.3, 0.4) is 0 Å². The Bertz CT molecular complexity index is 258. The molecule has 0 bridgehead atoms. The SMILES string of the molecule is C[C@H](O)[C@@H](C)c1ccccc1N. The Labute approximate surface area is 73.0 Å². The number of nitrogen functional groups attached to an aromatic ring is 1. The number of benzene rings is 1. The third-order valence-electron chi connectivity index (χ3n) is 2.21. The summed E-state index contributed by atoms with van der Waals surface area (Å²) in [6.45, 7) is 3.74. The van der Waals surface area contributed by atoms with Crippen LogP contribution in [0.2, 0.25) is 0 Å². The lowest BCUT2D eigenvalue weighted by molar-refractivity contribution is 0.169. The fourth-order valence-corrected chi connectivity index (χ4v) is 1.19. The third kappa shape index (κ3) is 1.77. The van der Waals surface area contributed by atoms with Crippen LogP contribution in [0.15, 0.2) is 24.3 Å². The number of anilines is 1. The van der Waals surface area contributed by atoms with Gasteiger partial charge in [-0.3, -0.25) is 0 Å². The van der Waals surface area contributed by atoms with Gasteiger partial charge in [-0.1, -0.05) is 25.1 Å². The van der Waals surface area contributed by atoms with Gasteiger partial charge in [0.1, 0.15) is 0 Å². The molecule has 3 N–H and O–H groups in total. The molecule has 0 amide bonds. The summed E-state index contributed by atoms with van der Waals surface area (Å²) in [4.78, 5) is 0. The Morgan fingerprint density at radius 2 is 1.83 bits per heavy atom. The van der Waals surface area contributed by atoms with Crippen molar-refractivity contribution in [2.75, 3.05) is 5.73 Å². The van der Waals surface area contributed by atoms with Crippen molar-refractivity contribution < 1.29 is 5.11 Å². The van der Waals surface area contributed by atoms with Gasteiger partial charge in [0.05, 0.1) is 6.10 Å². The fraction of sp³-hybridized carbons (Fsp3) is 0.400. The monoisotopic (exact) mass is 165 g/mol. The van der Waals surface area contributed by atoms with Crippen molar-refractivity contribution in [3.63, 3.8) is 0 Å². The Kier molecular flexibility index (Phi) is 2.71. The van der Waals surface area contributed by atoms with Crippen LogP contribution >= 0.6 is 0 Å². The normalized spacial score (nSPS) is 15.6. The summed E-state index contributed by atoms with van der Waals surface area (Å²) in [6.07, 6.45) is -0.352. The van der Waals surface area contributed by atoms with E-state index in [1.54, 1.807) is 6.92 Å². The first-order valence-electron chi connectivity index (χ1n) is 4.15. The molecule has 0 unspecified atom stereocenters. The smallest absolute Gasteiger partial charge is 0.0578 e. The van der Waals surface area contributed by atoms with Crippen molar-refractivity contribution in [1.29, 1.82) is 0 Å². The zero-order valence-corrected chi connectivity index (χ0v) is 7.49. The molecule has 0 saturated heterocycles. The number of nitrogens with two attached hydrogens (primary N) is 1. The third-order valence-corrected chi connectivity index (χ3v) is 2.21. The highest BCUT2D eigenvalue weighted by Crippen LogP contribution is 2.24. The van der Waals surface area contributed by atoms with Gasteiger partial charge in [-0.05, 0) is 18.6 Å². The molecule has 0 radical (unpaired) electrons. The molecule has 2 nitrogen and oxygen atoms in total. The van der Waals surface area contributed by atoms with E-state index in [1.807, 2.05) is 31.2 Å². The summed E-state index contributed by atoms with van der Waals surface area (Å²) in [5.74, 6) is 0.103. The lowest BCUT2D eigenvalue weighted by atomic mass is 9.95. The predicted octanol–water partition coefficient (Wildman–Crippen LogP) is 1.75. The molecule has 2 heteroatoms. The van der Waals surface area contributed by atoms with Crippen molar-refractivity contribution in [1.82, 2.24) is 0 Å². The molecule has 0 aromatic heterocycles. The van der Waals surface area contributed by atoms with E-state index in [1.165, 1.54) is 0 Å². The van der Waals surface area contributed by atoms with Crippen LogP contribution in [0.4, 0.5) is 5.69 Å². The van der Waals surface area contributed by atoms with Gasteiger partial charge in [0.15, 0.2) is 0 Å².